The van der Waals surface area contributed by atoms with Crippen molar-refractivity contribution in [1.82, 2.24) is 29.9 Å². The largest absolute Gasteiger partial charge is 0.444 e. The number of carbonyl (C=O) groups is 1. The molecule has 1 amide bonds. The van der Waals surface area contributed by atoms with Gasteiger partial charge in [-0.05, 0) is 53.5 Å². The number of hydrogen-bond donors (Lipinski definition) is 2. The van der Waals surface area contributed by atoms with Crippen LogP contribution in [0.2, 0.25) is 5.02 Å². The van der Waals surface area contributed by atoms with E-state index >= 15 is 0 Å². The predicted molar refractivity (Wildman–Crippen MR) is 134 cm³/mol. The number of ether oxygens (including phenoxy) is 1. The number of piperidine rings is 1. The van der Waals surface area contributed by atoms with E-state index in [1.54, 1.807) is 6.92 Å². The summed E-state index contributed by atoms with van der Waals surface area (Å²) in [5.41, 5.74) is 5.23. The number of amides is 1. The Hall–Kier alpha value is -3.19. The summed E-state index contributed by atoms with van der Waals surface area (Å²) < 4.78 is 33.9. The van der Waals surface area contributed by atoms with Crippen molar-refractivity contribution in [2.45, 2.75) is 68.5 Å². The monoisotopic (exact) mass is 536 g/mol. The van der Waals surface area contributed by atoms with E-state index in [0.717, 1.165) is 0 Å². The van der Waals surface area contributed by atoms with Crippen molar-refractivity contribution in [2.24, 2.45) is 0 Å². The molecule has 0 aromatic carbocycles. The van der Waals surface area contributed by atoms with Crippen LogP contribution in [0.4, 0.5) is 16.4 Å². The highest BCUT2D eigenvalue weighted by Crippen LogP contribution is 2.34. The van der Waals surface area contributed by atoms with Crippen molar-refractivity contribution in [1.29, 1.82) is 0 Å². The number of nitrogen functional groups attached to an aromatic ring is 1. The second-order valence-electron chi connectivity index (χ2n) is 10.0. The van der Waals surface area contributed by atoms with E-state index in [4.69, 9.17) is 22.1 Å². The van der Waals surface area contributed by atoms with Crippen LogP contribution in [0.15, 0.2) is 28.5 Å². The van der Waals surface area contributed by atoms with Gasteiger partial charge in [-0.1, -0.05) is 11.6 Å². The minimum Gasteiger partial charge on any atom is -0.444 e. The summed E-state index contributed by atoms with van der Waals surface area (Å²) in [6.45, 7) is 10.1. The summed E-state index contributed by atoms with van der Waals surface area (Å²) in [6, 6.07) is 1.29. The fourth-order valence-electron chi connectivity index (χ4n) is 4.14. The zero-order valence-corrected chi connectivity index (χ0v) is 22.3. The molecule has 0 bridgehead atoms. The second-order valence-corrected chi connectivity index (χ2v) is 12.2. The third-order valence-corrected chi connectivity index (χ3v) is 8.37. The number of rotatable bonds is 4. The van der Waals surface area contributed by atoms with E-state index in [1.165, 1.54) is 23.0 Å². The Morgan fingerprint density at radius 2 is 1.94 bits per heavy atom. The Morgan fingerprint density at radius 1 is 1.28 bits per heavy atom. The molecule has 1 aliphatic rings. The van der Waals surface area contributed by atoms with Crippen molar-refractivity contribution in [3.63, 3.8) is 0 Å². The number of fused-ring (bicyclic) bond motifs is 1. The van der Waals surface area contributed by atoms with Crippen LogP contribution in [0, 0.1) is 6.92 Å². The van der Waals surface area contributed by atoms with Gasteiger partial charge >= 0.3 is 6.09 Å². The number of nitrogens with one attached hydrogen (secondary N) is 1. The lowest BCUT2D eigenvalue weighted by Crippen LogP contribution is -2.54. The van der Waals surface area contributed by atoms with Crippen molar-refractivity contribution < 1.29 is 17.9 Å². The Balaban J connectivity index is 1.64. The number of carbonyl (C=O) groups excluding carboxylic acids is 1. The van der Waals surface area contributed by atoms with Crippen LogP contribution in [0.5, 0.6) is 0 Å². The van der Waals surface area contributed by atoms with Crippen molar-refractivity contribution >= 4 is 44.8 Å². The first-order chi connectivity index (χ1) is 16.7. The zero-order chi connectivity index (χ0) is 26.5. The molecule has 1 aliphatic heterocycles. The standard InChI is InChI=1S/C22H29ClN8O4S/c1-13-19(36(33,34)14-6-9-25-16(24)15(14)23)31-12-26-29-18(31)17(27-13)30-10-7-22(5,8-11-30)28-20(32)35-21(2,3)4/h6,9,12H,7-8,10-11H2,1-5H3,(H2,24,25)(H,28,32). The van der Waals surface area contributed by atoms with Gasteiger partial charge in [0.2, 0.25) is 15.5 Å². The molecule has 12 nitrogen and oxygen atoms in total. The number of aromatic nitrogens is 5. The van der Waals surface area contributed by atoms with Crippen molar-refractivity contribution in [3.8, 4) is 0 Å². The Kier molecular flexibility index (Phi) is 6.50. The molecule has 1 saturated heterocycles. The molecule has 0 atom stereocenters. The van der Waals surface area contributed by atoms with Gasteiger partial charge in [-0.25, -0.2) is 23.2 Å². The average molecular weight is 537 g/mol. The van der Waals surface area contributed by atoms with Gasteiger partial charge < -0.3 is 20.7 Å². The average Bonchev–Trinajstić information content (AvgIpc) is 3.23. The fourth-order valence-corrected chi connectivity index (χ4v) is 6.18. The lowest BCUT2D eigenvalue weighted by Gasteiger charge is -2.40. The van der Waals surface area contributed by atoms with Gasteiger partial charge in [0, 0.05) is 24.8 Å². The molecule has 3 aromatic rings. The minimum atomic E-state index is -4.13. The zero-order valence-electron chi connectivity index (χ0n) is 20.7. The van der Waals surface area contributed by atoms with E-state index in [0.29, 0.717) is 37.4 Å². The molecule has 0 radical (unpaired) electrons. The molecule has 4 heterocycles. The third kappa shape index (κ3) is 4.89. The predicted octanol–water partition coefficient (Wildman–Crippen LogP) is 2.78. The number of nitrogens with zero attached hydrogens (tertiary/aromatic N) is 6. The summed E-state index contributed by atoms with van der Waals surface area (Å²) in [6.07, 6.45) is 3.40. The highest BCUT2D eigenvalue weighted by atomic mass is 35.5. The number of hydrogen-bond acceptors (Lipinski definition) is 10. The number of sulfone groups is 1. The van der Waals surface area contributed by atoms with E-state index in [2.05, 4.69) is 25.5 Å². The van der Waals surface area contributed by atoms with Gasteiger partial charge in [-0.15, -0.1) is 10.2 Å². The van der Waals surface area contributed by atoms with Crippen LogP contribution in [-0.2, 0) is 14.6 Å². The lowest BCUT2D eigenvalue weighted by atomic mass is 9.90. The molecule has 4 rings (SSSR count). The summed E-state index contributed by atoms with van der Waals surface area (Å²) >= 11 is 6.18. The molecule has 36 heavy (non-hydrogen) atoms. The first-order valence-electron chi connectivity index (χ1n) is 11.3. The maximum atomic E-state index is 13.6. The summed E-state index contributed by atoms with van der Waals surface area (Å²) in [7, 11) is -4.13. The highest BCUT2D eigenvalue weighted by molar-refractivity contribution is 7.91. The maximum Gasteiger partial charge on any atom is 0.408 e. The lowest BCUT2D eigenvalue weighted by molar-refractivity contribution is 0.0448. The van der Waals surface area contributed by atoms with E-state index in [-0.39, 0.29) is 26.5 Å². The van der Waals surface area contributed by atoms with Gasteiger partial charge in [0.25, 0.3) is 0 Å². The summed E-state index contributed by atoms with van der Waals surface area (Å²) in [5.74, 6) is 0.417. The van der Waals surface area contributed by atoms with Crippen molar-refractivity contribution in [3.05, 3.63) is 29.3 Å². The molecule has 3 aromatic heterocycles. The maximum absolute atomic E-state index is 13.6. The number of aryl methyl sites for hydroxylation is 1. The van der Waals surface area contributed by atoms with E-state index in [9.17, 15) is 13.2 Å². The topological polar surface area (TPSA) is 158 Å². The van der Waals surface area contributed by atoms with Crippen molar-refractivity contribution in [2.75, 3.05) is 23.7 Å². The Labute approximate surface area is 214 Å². The fraction of sp³-hybridized carbons (Fsp3) is 0.500. The number of nitrogens with two attached hydrogens (primary N) is 1. The van der Waals surface area contributed by atoms with Crippen LogP contribution in [0.1, 0.15) is 46.2 Å². The second kappa shape index (κ2) is 9.04. The summed E-state index contributed by atoms with van der Waals surface area (Å²) in [4.78, 5) is 22.6. The van der Waals surface area contributed by atoms with Gasteiger partial charge in [0.05, 0.1) is 10.6 Å². The quantitative estimate of drug-likeness (QED) is 0.507. The number of anilines is 2. The van der Waals surface area contributed by atoms with Crippen LogP contribution in [0.3, 0.4) is 0 Å². The first kappa shape index (κ1) is 25.9. The van der Waals surface area contributed by atoms with Crippen LogP contribution < -0.4 is 16.0 Å². The molecule has 0 aliphatic carbocycles. The molecule has 3 N–H and O–H groups in total. The number of halogens is 1. The molecule has 194 valence electrons. The molecule has 0 unspecified atom stereocenters. The SMILES string of the molecule is Cc1nc(N2CCC(C)(NC(=O)OC(C)(C)C)CC2)c2nncn2c1S(=O)(=O)c1ccnc(N)c1Cl. The molecule has 1 fully saturated rings. The number of alkyl carbamates (subject to hydrolysis) is 1. The molecule has 0 saturated carbocycles. The van der Waals surface area contributed by atoms with Gasteiger partial charge in [-0.3, -0.25) is 4.40 Å². The van der Waals surface area contributed by atoms with Crippen LogP contribution in [0.25, 0.3) is 5.65 Å². The van der Waals surface area contributed by atoms with Gasteiger partial charge in [0.15, 0.2) is 10.8 Å². The van der Waals surface area contributed by atoms with Crippen LogP contribution >= 0.6 is 11.6 Å². The van der Waals surface area contributed by atoms with E-state index in [1.807, 2.05) is 32.6 Å². The molecule has 14 heteroatoms. The molecule has 0 spiro atoms. The van der Waals surface area contributed by atoms with E-state index < -0.39 is 27.1 Å². The Morgan fingerprint density at radius 3 is 2.58 bits per heavy atom. The third-order valence-electron chi connectivity index (χ3n) is 5.94. The summed E-state index contributed by atoms with van der Waals surface area (Å²) in [5, 5.41) is 10.8. The Bertz CT molecular complexity index is 1430. The minimum absolute atomic E-state index is 0.0867. The number of pyridine rings is 1. The first-order valence-corrected chi connectivity index (χ1v) is 13.2. The highest BCUT2D eigenvalue weighted by Gasteiger charge is 2.36. The van der Waals surface area contributed by atoms with Gasteiger partial charge in [-0.2, -0.15) is 0 Å². The van der Waals surface area contributed by atoms with Crippen LogP contribution in [-0.4, -0.2) is 63.3 Å². The smallest absolute Gasteiger partial charge is 0.408 e. The molecular formula is C22H29ClN8O4S. The normalized spacial score (nSPS) is 16.2. The van der Waals surface area contributed by atoms with Gasteiger partial charge in [0.1, 0.15) is 22.8 Å². The molecular weight excluding hydrogens is 508 g/mol.